The first-order valence-corrected chi connectivity index (χ1v) is 6.59. The topological polar surface area (TPSA) is 87.7 Å². The molecule has 1 atom stereocenters. The third-order valence-corrected chi connectivity index (χ3v) is 3.07. The number of anilines is 1. The molecule has 1 aromatic rings. The van der Waals surface area contributed by atoms with Crippen molar-refractivity contribution in [2.24, 2.45) is 0 Å². The van der Waals surface area contributed by atoms with E-state index in [1.54, 1.807) is 6.07 Å². The first kappa shape index (κ1) is 14.3. The van der Waals surface area contributed by atoms with Gasteiger partial charge in [0.05, 0.1) is 12.1 Å². The minimum absolute atomic E-state index is 0.0331. The van der Waals surface area contributed by atoms with E-state index in [0.29, 0.717) is 24.4 Å². The molecule has 1 aliphatic heterocycles. The fourth-order valence-electron chi connectivity index (χ4n) is 2.26. The van der Waals surface area contributed by atoms with Crippen LogP contribution in [0.15, 0.2) is 18.2 Å². The van der Waals surface area contributed by atoms with Gasteiger partial charge in [0.15, 0.2) is 6.61 Å². The van der Waals surface area contributed by atoms with Gasteiger partial charge in [0, 0.05) is 6.04 Å². The summed E-state index contributed by atoms with van der Waals surface area (Å²) in [6, 6.07) is 5.39. The number of nitrogens with one attached hydrogen (secondary N) is 2. The van der Waals surface area contributed by atoms with Gasteiger partial charge in [-0.3, -0.25) is 9.59 Å². The predicted molar refractivity (Wildman–Crippen MR) is 74.0 cm³/mol. The van der Waals surface area contributed by atoms with E-state index in [-0.39, 0.29) is 25.0 Å². The molecule has 0 saturated carbocycles. The molecule has 1 aromatic carbocycles. The summed E-state index contributed by atoms with van der Waals surface area (Å²) in [5.74, 6) is -0.361. The Morgan fingerprint density at radius 3 is 3.05 bits per heavy atom. The van der Waals surface area contributed by atoms with Crippen molar-refractivity contribution in [3.8, 4) is 5.75 Å². The lowest BCUT2D eigenvalue weighted by Gasteiger charge is -2.20. The summed E-state index contributed by atoms with van der Waals surface area (Å²) < 4.78 is 5.29. The highest BCUT2D eigenvalue weighted by Crippen LogP contribution is 2.28. The van der Waals surface area contributed by atoms with Crippen LogP contribution >= 0.6 is 0 Å². The molecular weight excluding hydrogens is 260 g/mol. The summed E-state index contributed by atoms with van der Waals surface area (Å²) in [4.78, 5) is 22.1. The van der Waals surface area contributed by atoms with Crippen molar-refractivity contribution in [3.05, 3.63) is 23.8 Å². The molecule has 0 fully saturated rings. The second kappa shape index (κ2) is 6.38. The fraction of sp³-hybridized carbons (Fsp3) is 0.429. The monoisotopic (exact) mass is 278 g/mol. The molecule has 1 heterocycles. The average Bonchev–Trinajstić information content (AvgIpc) is 2.37. The summed E-state index contributed by atoms with van der Waals surface area (Å²) >= 11 is 0. The summed E-state index contributed by atoms with van der Waals surface area (Å²) in [6.45, 7) is 2.68. The molecule has 3 N–H and O–H groups in total. The van der Waals surface area contributed by atoms with Crippen molar-refractivity contribution >= 4 is 17.6 Å². The van der Waals surface area contributed by atoms with Crippen LogP contribution in [-0.2, 0) is 16.0 Å². The summed E-state index contributed by atoms with van der Waals surface area (Å²) in [7, 11) is 0. The van der Waals surface area contributed by atoms with Crippen molar-refractivity contribution in [2.45, 2.75) is 25.8 Å². The van der Waals surface area contributed by atoms with E-state index >= 15 is 0 Å². The van der Waals surface area contributed by atoms with Crippen LogP contribution in [0.4, 0.5) is 5.69 Å². The number of rotatable bonds is 6. The SMILES string of the molecule is CCNC(CC(=O)O)Cc1ccc2c(c1)NC(=O)CO2. The van der Waals surface area contributed by atoms with Crippen LogP contribution in [0.1, 0.15) is 18.9 Å². The number of carbonyl (C=O) groups excluding carboxylic acids is 1. The zero-order valence-electron chi connectivity index (χ0n) is 11.3. The van der Waals surface area contributed by atoms with E-state index in [0.717, 1.165) is 5.56 Å². The van der Waals surface area contributed by atoms with Crippen molar-refractivity contribution in [2.75, 3.05) is 18.5 Å². The first-order chi connectivity index (χ1) is 9.58. The fourth-order valence-corrected chi connectivity index (χ4v) is 2.26. The quantitative estimate of drug-likeness (QED) is 0.723. The summed E-state index contributed by atoms with van der Waals surface area (Å²) in [6.07, 6.45) is 0.650. The molecular formula is C14H18N2O4. The number of hydrogen-bond acceptors (Lipinski definition) is 4. The number of carbonyl (C=O) groups is 2. The number of carboxylic acid groups (broad SMARTS) is 1. The molecule has 6 nitrogen and oxygen atoms in total. The van der Waals surface area contributed by atoms with Gasteiger partial charge in [0.25, 0.3) is 5.91 Å². The molecule has 0 saturated heterocycles. The van der Waals surface area contributed by atoms with Crippen molar-refractivity contribution in [1.29, 1.82) is 0 Å². The van der Waals surface area contributed by atoms with E-state index in [9.17, 15) is 9.59 Å². The van der Waals surface area contributed by atoms with Crippen LogP contribution in [0.2, 0.25) is 0 Å². The smallest absolute Gasteiger partial charge is 0.304 e. The van der Waals surface area contributed by atoms with Crippen LogP contribution in [0, 0.1) is 0 Å². The second-order valence-corrected chi connectivity index (χ2v) is 4.72. The van der Waals surface area contributed by atoms with E-state index in [1.807, 2.05) is 19.1 Å². The molecule has 6 heteroatoms. The van der Waals surface area contributed by atoms with Crippen LogP contribution in [-0.4, -0.2) is 36.2 Å². The van der Waals surface area contributed by atoms with Crippen molar-refractivity contribution in [1.82, 2.24) is 5.32 Å². The Morgan fingerprint density at radius 1 is 1.55 bits per heavy atom. The number of hydrogen-bond donors (Lipinski definition) is 3. The average molecular weight is 278 g/mol. The van der Waals surface area contributed by atoms with Crippen LogP contribution < -0.4 is 15.4 Å². The van der Waals surface area contributed by atoms with Gasteiger partial charge in [0.2, 0.25) is 0 Å². The maximum atomic E-state index is 11.3. The second-order valence-electron chi connectivity index (χ2n) is 4.72. The Labute approximate surface area is 117 Å². The Bertz CT molecular complexity index is 516. The molecule has 108 valence electrons. The van der Waals surface area contributed by atoms with Gasteiger partial charge in [-0.1, -0.05) is 13.0 Å². The van der Waals surface area contributed by atoms with Gasteiger partial charge < -0.3 is 20.5 Å². The molecule has 1 aliphatic rings. The molecule has 1 amide bonds. The molecule has 0 radical (unpaired) electrons. The molecule has 0 spiro atoms. The van der Waals surface area contributed by atoms with Gasteiger partial charge in [-0.05, 0) is 30.7 Å². The number of benzene rings is 1. The van der Waals surface area contributed by atoms with Gasteiger partial charge in [-0.25, -0.2) is 0 Å². The standard InChI is InChI=1S/C14H18N2O4/c1-2-15-10(7-14(18)19)5-9-3-4-12-11(6-9)16-13(17)8-20-12/h3-4,6,10,15H,2,5,7-8H2,1H3,(H,16,17)(H,18,19). The highest BCUT2D eigenvalue weighted by Gasteiger charge is 2.18. The summed E-state index contributed by atoms with van der Waals surface area (Å²) in [5, 5.41) is 14.8. The maximum absolute atomic E-state index is 11.3. The minimum Gasteiger partial charge on any atom is -0.482 e. The zero-order chi connectivity index (χ0) is 14.5. The molecule has 20 heavy (non-hydrogen) atoms. The van der Waals surface area contributed by atoms with Crippen LogP contribution in [0.25, 0.3) is 0 Å². The largest absolute Gasteiger partial charge is 0.482 e. The molecule has 0 bridgehead atoms. The lowest BCUT2D eigenvalue weighted by Crippen LogP contribution is -2.33. The Morgan fingerprint density at radius 2 is 2.35 bits per heavy atom. The first-order valence-electron chi connectivity index (χ1n) is 6.59. The molecule has 2 rings (SSSR count). The van der Waals surface area contributed by atoms with E-state index < -0.39 is 5.97 Å². The third kappa shape index (κ3) is 3.71. The number of ether oxygens (including phenoxy) is 1. The maximum Gasteiger partial charge on any atom is 0.304 e. The Hall–Kier alpha value is -2.08. The lowest BCUT2D eigenvalue weighted by atomic mass is 10.0. The van der Waals surface area contributed by atoms with Crippen molar-refractivity contribution in [3.63, 3.8) is 0 Å². The summed E-state index contributed by atoms with van der Waals surface area (Å²) in [5.41, 5.74) is 1.60. The van der Waals surface area contributed by atoms with Crippen LogP contribution in [0.3, 0.4) is 0 Å². The number of likely N-dealkylation sites (N-methyl/N-ethyl adjacent to an activating group) is 1. The normalized spacial score (nSPS) is 14.9. The highest BCUT2D eigenvalue weighted by molar-refractivity contribution is 5.95. The van der Waals surface area contributed by atoms with Crippen molar-refractivity contribution < 1.29 is 19.4 Å². The van der Waals surface area contributed by atoms with Gasteiger partial charge in [-0.15, -0.1) is 0 Å². The van der Waals surface area contributed by atoms with E-state index in [4.69, 9.17) is 9.84 Å². The minimum atomic E-state index is -0.828. The van der Waals surface area contributed by atoms with Gasteiger partial charge in [0.1, 0.15) is 5.75 Å². The van der Waals surface area contributed by atoms with E-state index in [1.165, 1.54) is 0 Å². The van der Waals surface area contributed by atoms with Gasteiger partial charge >= 0.3 is 5.97 Å². The molecule has 0 aromatic heterocycles. The van der Waals surface area contributed by atoms with E-state index in [2.05, 4.69) is 10.6 Å². The number of carboxylic acids is 1. The molecule has 1 unspecified atom stereocenters. The van der Waals surface area contributed by atoms with Crippen LogP contribution in [0.5, 0.6) is 5.75 Å². The van der Waals surface area contributed by atoms with Gasteiger partial charge in [-0.2, -0.15) is 0 Å². The predicted octanol–water partition coefficient (Wildman–Crippen LogP) is 1.01. The molecule has 0 aliphatic carbocycles. The lowest BCUT2D eigenvalue weighted by molar-refractivity contribution is -0.137. The Balaban J connectivity index is 2.10. The Kier molecular flexibility index (Phi) is 4.57. The number of aliphatic carboxylic acids is 1. The zero-order valence-corrected chi connectivity index (χ0v) is 11.3. The number of amides is 1. The highest BCUT2D eigenvalue weighted by atomic mass is 16.5. The third-order valence-electron chi connectivity index (χ3n) is 3.07. The number of fused-ring (bicyclic) bond motifs is 1.